The molecule has 1 aromatic rings. The Bertz CT molecular complexity index is 438. The molecule has 0 saturated heterocycles. The number of hydrogen-bond donors (Lipinski definition) is 2. The van der Waals surface area contributed by atoms with Crippen LogP contribution in [0.5, 0.6) is 0 Å². The summed E-state index contributed by atoms with van der Waals surface area (Å²) in [5, 5.41) is 2.74. The Hall–Kier alpha value is -1.97. The molecule has 0 fully saturated rings. The fourth-order valence-corrected chi connectivity index (χ4v) is 1.49. The van der Waals surface area contributed by atoms with E-state index in [9.17, 15) is 4.79 Å². The van der Waals surface area contributed by atoms with Gasteiger partial charge in [0.05, 0.1) is 18.4 Å². The van der Waals surface area contributed by atoms with E-state index in [2.05, 4.69) is 5.32 Å². The number of hydrogen-bond acceptors (Lipinski definition) is 3. The molecule has 1 aromatic carbocycles. The first-order chi connectivity index (χ1) is 7.22. The lowest BCUT2D eigenvalue weighted by molar-refractivity contribution is -0.110. The molecule has 0 spiro atoms. The van der Waals surface area contributed by atoms with E-state index in [1.165, 1.54) is 6.26 Å². The maximum atomic E-state index is 11.5. The van der Waals surface area contributed by atoms with Crippen LogP contribution in [0.1, 0.15) is 12.5 Å². The quantitative estimate of drug-likeness (QED) is 0.437. The molecular formula is C11H12N2O2. The Balaban J connectivity index is 2.44. The van der Waals surface area contributed by atoms with E-state index in [1.807, 2.05) is 6.92 Å². The van der Waals surface area contributed by atoms with Crippen LogP contribution < -0.4 is 11.1 Å². The summed E-state index contributed by atoms with van der Waals surface area (Å²) in [4.78, 5) is 11.5. The minimum absolute atomic E-state index is 0.149. The van der Waals surface area contributed by atoms with Crippen LogP contribution in [0.3, 0.4) is 0 Å². The number of amides is 1. The molecule has 0 saturated carbocycles. The SMILES string of the molecule is CCO/C=C1\C(=O)Nc2ccc(N)cc21. The molecule has 0 aromatic heterocycles. The number of ether oxygens (including phenoxy) is 1. The Kier molecular flexibility index (Phi) is 2.33. The Morgan fingerprint density at radius 3 is 3.07 bits per heavy atom. The third kappa shape index (κ3) is 1.66. The van der Waals surface area contributed by atoms with Crippen LogP contribution in [-0.2, 0) is 9.53 Å². The van der Waals surface area contributed by atoms with E-state index in [0.717, 1.165) is 11.3 Å². The normalized spacial score (nSPS) is 16.3. The molecule has 0 atom stereocenters. The van der Waals surface area contributed by atoms with Gasteiger partial charge in [-0.05, 0) is 25.1 Å². The first kappa shape index (κ1) is 9.58. The molecule has 0 unspecified atom stereocenters. The lowest BCUT2D eigenvalue weighted by atomic mass is 10.1. The second kappa shape index (κ2) is 3.65. The average molecular weight is 204 g/mol. The van der Waals surface area contributed by atoms with Crippen molar-refractivity contribution in [2.45, 2.75) is 6.92 Å². The predicted octanol–water partition coefficient (Wildman–Crippen LogP) is 1.60. The molecule has 1 aliphatic heterocycles. The number of nitrogens with one attached hydrogen (secondary N) is 1. The van der Waals surface area contributed by atoms with Gasteiger partial charge in [0, 0.05) is 16.9 Å². The zero-order valence-electron chi connectivity index (χ0n) is 8.41. The van der Waals surface area contributed by atoms with E-state index in [-0.39, 0.29) is 5.91 Å². The molecule has 1 amide bonds. The average Bonchev–Trinajstić information content (AvgIpc) is 2.51. The lowest BCUT2D eigenvalue weighted by Crippen LogP contribution is -2.04. The van der Waals surface area contributed by atoms with Gasteiger partial charge in [-0.1, -0.05) is 0 Å². The van der Waals surface area contributed by atoms with Gasteiger partial charge in [0.25, 0.3) is 5.91 Å². The minimum Gasteiger partial charge on any atom is -0.501 e. The summed E-state index contributed by atoms with van der Waals surface area (Å²) in [6.45, 7) is 2.40. The zero-order chi connectivity index (χ0) is 10.8. The van der Waals surface area contributed by atoms with Crippen molar-refractivity contribution in [3.05, 3.63) is 30.0 Å². The van der Waals surface area contributed by atoms with Crippen molar-refractivity contribution < 1.29 is 9.53 Å². The highest BCUT2D eigenvalue weighted by Gasteiger charge is 2.24. The van der Waals surface area contributed by atoms with Crippen molar-refractivity contribution in [3.63, 3.8) is 0 Å². The summed E-state index contributed by atoms with van der Waals surface area (Å²) in [7, 11) is 0. The third-order valence-electron chi connectivity index (χ3n) is 2.19. The van der Waals surface area contributed by atoms with Crippen LogP contribution >= 0.6 is 0 Å². The fraction of sp³-hybridized carbons (Fsp3) is 0.182. The second-order valence-electron chi connectivity index (χ2n) is 3.25. The first-order valence-corrected chi connectivity index (χ1v) is 4.75. The van der Waals surface area contributed by atoms with E-state index in [0.29, 0.717) is 17.9 Å². The number of nitrogen functional groups attached to an aromatic ring is 1. The monoisotopic (exact) mass is 204 g/mol. The summed E-state index contributed by atoms with van der Waals surface area (Å²) < 4.78 is 5.12. The van der Waals surface area contributed by atoms with Crippen molar-refractivity contribution in [3.8, 4) is 0 Å². The summed E-state index contributed by atoms with van der Waals surface area (Å²) in [6.07, 6.45) is 1.47. The maximum absolute atomic E-state index is 11.5. The van der Waals surface area contributed by atoms with Gasteiger partial charge < -0.3 is 15.8 Å². The largest absolute Gasteiger partial charge is 0.501 e. The van der Waals surface area contributed by atoms with Gasteiger partial charge >= 0.3 is 0 Å². The highest BCUT2D eigenvalue weighted by atomic mass is 16.5. The van der Waals surface area contributed by atoms with Crippen molar-refractivity contribution in [1.29, 1.82) is 0 Å². The smallest absolute Gasteiger partial charge is 0.259 e. The zero-order valence-corrected chi connectivity index (χ0v) is 8.41. The molecule has 1 heterocycles. The van der Waals surface area contributed by atoms with Gasteiger partial charge in [0.1, 0.15) is 0 Å². The third-order valence-corrected chi connectivity index (χ3v) is 2.19. The summed E-state index contributed by atoms with van der Waals surface area (Å²) >= 11 is 0. The summed E-state index contributed by atoms with van der Waals surface area (Å²) in [5.41, 5.74) is 8.40. The number of nitrogens with two attached hydrogens (primary N) is 1. The van der Waals surface area contributed by atoms with Crippen LogP contribution in [-0.4, -0.2) is 12.5 Å². The molecule has 3 N–H and O–H groups in total. The summed E-state index contributed by atoms with van der Waals surface area (Å²) in [5.74, 6) is -0.149. The Labute approximate surface area is 87.7 Å². The van der Waals surface area contributed by atoms with Gasteiger partial charge in [0.15, 0.2) is 0 Å². The molecule has 4 heteroatoms. The highest BCUT2D eigenvalue weighted by Crippen LogP contribution is 2.32. The molecular weight excluding hydrogens is 192 g/mol. The molecule has 0 aliphatic carbocycles. The number of anilines is 2. The fourth-order valence-electron chi connectivity index (χ4n) is 1.49. The number of carbonyl (C=O) groups is 1. The van der Waals surface area contributed by atoms with E-state index in [1.54, 1.807) is 18.2 Å². The van der Waals surface area contributed by atoms with Gasteiger partial charge in [-0.3, -0.25) is 4.79 Å². The topological polar surface area (TPSA) is 64.3 Å². The first-order valence-electron chi connectivity index (χ1n) is 4.75. The Morgan fingerprint density at radius 2 is 2.33 bits per heavy atom. The highest BCUT2D eigenvalue weighted by molar-refractivity contribution is 6.31. The van der Waals surface area contributed by atoms with E-state index < -0.39 is 0 Å². The van der Waals surface area contributed by atoms with E-state index in [4.69, 9.17) is 10.5 Å². The van der Waals surface area contributed by atoms with E-state index >= 15 is 0 Å². The van der Waals surface area contributed by atoms with Crippen molar-refractivity contribution >= 4 is 22.9 Å². The molecule has 2 rings (SSSR count). The van der Waals surface area contributed by atoms with Crippen LogP contribution in [0.15, 0.2) is 24.5 Å². The van der Waals surface area contributed by atoms with Crippen LogP contribution in [0.2, 0.25) is 0 Å². The predicted molar refractivity (Wildman–Crippen MR) is 59.1 cm³/mol. The van der Waals surface area contributed by atoms with Gasteiger partial charge in [-0.25, -0.2) is 0 Å². The number of fused-ring (bicyclic) bond motifs is 1. The van der Waals surface area contributed by atoms with Crippen LogP contribution in [0.4, 0.5) is 11.4 Å². The molecule has 0 radical (unpaired) electrons. The van der Waals surface area contributed by atoms with Crippen LogP contribution in [0, 0.1) is 0 Å². The number of carbonyl (C=O) groups excluding carboxylic acids is 1. The second-order valence-corrected chi connectivity index (χ2v) is 3.25. The number of rotatable bonds is 2. The van der Waals surface area contributed by atoms with Gasteiger partial charge in [-0.15, -0.1) is 0 Å². The van der Waals surface area contributed by atoms with Crippen LogP contribution in [0.25, 0.3) is 5.57 Å². The standard InChI is InChI=1S/C11H12N2O2/c1-2-15-6-9-8-5-7(12)3-4-10(8)13-11(9)14/h3-6H,2,12H2,1H3,(H,13,14)/b9-6-. The van der Waals surface area contributed by atoms with Crippen molar-refractivity contribution in [2.75, 3.05) is 17.7 Å². The van der Waals surface area contributed by atoms with Crippen molar-refractivity contribution in [1.82, 2.24) is 0 Å². The summed E-state index contributed by atoms with van der Waals surface area (Å²) in [6, 6.07) is 5.30. The van der Waals surface area contributed by atoms with Gasteiger partial charge in [-0.2, -0.15) is 0 Å². The molecule has 78 valence electrons. The molecule has 4 nitrogen and oxygen atoms in total. The number of benzene rings is 1. The molecule has 1 aliphatic rings. The lowest BCUT2D eigenvalue weighted by Gasteiger charge is -2.00. The minimum atomic E-state index is -0.149. The maximum Gasteiger partial charge on any atom is 0.259 e. The molecule has 0 bridgehead atoms. The van der Waals surface area contributed by atoms with Crippen molar-refractivity contribution in [2.24, 2.45) is 0 Å². The molecule has 15 heavy (non-hydrogen) atoms. The van der Waals surface area contributed by atoms with Gasteiger partial charge in [0.2, 0.25) is 0 Å². The Morgan fingerprint density at radius 1 is 1.53 bits per heavy atom.